The molecular weight excluding hydrogens is 178 g/mol. The molecule has 0 aliphatic carbocycles. The Bertz CT molecular complexity index is 167. The van der Waals surface area contributed by atoms with Crippen LogP contribution < -0.4 is 5.32 Å². The second kappa shape index (κ2) is 6.82. The highest BCUT2D eigenvalue weighted by Crippen LogP contribution is 2.09. The van der Waals surface area contributed by atoms with E-state index in [9.17, 15) is 4.79 Å². The van der Waals surface area contributed by atoms with Gasteiger partial charge in [0, 0.05) is 6.54 Å². The van der Waals surface area contributed by atoms with Crippen molar-refractivity contribution in [2.24, 2.45) is 17.8 Å². The quantitative estimate of drug-likeness (QED) is 0.682. The van der Waals surface area contributed by atoms with Gasteiger partial charge in [0.15, 0.2) is 0 Å². The van der Waals surface area contributed by atoms with Gasteiger partial charge in [-0.3, -0.25) is 4.79 Å². The van der Waals surface area contributed by atoms with Gasteiger partial charge in [-0.25, -0.2) is 0 Å². The first-order valence-corrected chi connectivity index (χ1v) is 5.37. The summed E-state index contributed by atoms with van der Waals surface area (Å²) in [6, 6.07) is 0. The zero-order chi connectivity index (χ0) is 11.1. The number of aliphatic hydroxyl groups excluding tert-OH is 1. The van der Waals surface area contributed by atoms with E-state index in [1.807, 2.05) is 13.8 Å². The van der Waals surface area contributed by atoms with Gasteiger partial charge in [0.05, 0.1) is 12.5 Å². The van der Waals surface area contributed by atoms with Gasteiger partial charge in [0.25, 0.3) is 0 Å². The first kappa shape index (κ1) is 13.4. The predicted molar refractivity (Wildman–Crippen MR) is 57.9 cm³/mol. The van der Waals surface area contributed by atoms with Crippen LogP contribution in [0.5, 0.6) is 0 Å². The molecule has 2 N–H and O–H groups in total. The van der Waals surface area contributed by atoms with Crippen LogP contribution in [-0.4, -0.2) is 24.2 Å². The molecule has 0 spiro atoms. The standard InChI is InChI=1S/C11H23NO2/c1-8(2)5-6-12-11(14)10(7-13)9(3)4/h8-10,13H,5-7H2,1-4H3,(H,12,14). The summed E-state index contributed by atoms with van der Waals surface area (Å²) in [5, 5.41) is 11.9. The zero-order valence-electron chi connectivity index (χ0n) is 9.71. The van der Waals surface area contributed by atoms with E-state index in [0.29, 0.717) is 12.5 Å². The van der Waals surface area contributed by atoms with E-state index in [4.69, 9.17) is 5.11 Å². The molecule has 0 heterocycles. The van der Waals surface area contributed by atoms with Gasteiger partial charge in [-0.1, -0.05) is 27.7 Å². The zero-order valence-corrected chi connectivity index (χ0v) is 9.71. The topological polar surface area (TPSA) is 49.3 Å². The molecule has 84 valence electrons. The van der Waals surface area contributed by atoms with Crippen LogP contribution in [0.25, 0.3) is 0 Å². The lowest BCUT2D eigenvalue weighted by Gasteiger charge is -2.17. The van der Waals surface area contributed by atoms with E-state index in [0.717, 1.165) is 6.42 Å². The third-order valence-electron chi connectivity index (χ3n) is 2.36. The summed E-state index contributed by atoms with van der Waals surface area (Å²) in [6.07, 6.45) is 0.988. The lowest BCUT2D eigenvalue weighted by atomic mass is 9.96. The Balaban J connectivity index is 3.81. The van der Waals surface area contributed by atoms with Gasteiger partial charge in [-0.2, -0.15) is 0 Å². The molecule has 3 heteroatoms. The van der Waals surface area contributed by atoms with E-state index in [1.54, 1.807) is 0 Å². The van der Waals surface area contributed by atoms with Gasteiger partial charge in [-0.05, 0) is 18.3 Å². The highest BCUT2D eigenvalue weighted by molar-refractivity contribution is 5.78. The van der Waals surface area contributed by atoms with Crippen LogP contribution in [0.4, 0.5) is 0 Å². The lowest BCUT2D eigenvalue weighted by Crippen LogP contribution is -2.36. The van der Waals surface area contributed by atoms with Crippen LogP contribution in [0.15, 0.2) is 0 Å². The average molecular weight is 201 g/mol. The first-order valence-electron chi connectivity index (χ1n) is 5.37. The minimum Gasteiger partial charge on any atom is -0.396 e. The van der Waals surface area contributed by atoms with Crippen molar-refractivity contribution >= 4 is 5.91 Å². The minimum absolute atomic E-state index is 0.0249. The Labute approximate surface area is 86.9 Å². The molecule has 0 aromatic heterocycles. The van der Waals surface area contributed by atoms with Crippen molar-refractivity contribution in [2.45, 2.75) is 34.1 Å². The minimum atomic E-state index is -0.262. The molecule has 0 radical (unpaired) electrons. The van der Waals surface area contributed by atoms with E-state index < -0.39 is 0 Å². The summed E-state index contributed by atoms with van der Waals surface area (Å²) in [5.41, 5.74) is 0. The van der Waals surface area contributed by atoms with Crippen LogP contribution in [0.3, 0.4) is 0 Å². The van der Waals surface area contributed by atoms with E-state index >= 15 is 0 Å². The predicted octanol–water partition coefficient (Wildman–Crippen LogP) is 1.41. The van der Waals surface area contributed by atoms with Gasteiger partial charge in [0.2, 0.25) is 5.91 Å². The van der Waals surface area contributed by atoms with Crippen molar-refractivity contribution in [1.82, 2.24) is 5.32 Å². The highest BCUT2D eigenvalue weighted by atomic mass is 16.3. The number of carbonyl (C=O) groups is 1. The molecule has 0 aliphatic rings. The number of aliphatic hydroxyl groups is 1. The maximum absolute atomic E-state index is 11.5. The summed E-state index contributed by atoms with van der Waals surface area (Å²) in [4.78, 5) is 11.5. The maximum atomic E-state index is 11.5. The highest BCUT2D eigenvalue weighted by Gasteiger charge is 2.20. The molecule has 0 aromatic carbocycles. The van der Waals surface area contributed by atoms with Crippen molar-refractivity contribution < 1.29 is 9.90 Å². The lowest BCUT2D eigenvalue weighted by molar-refractivity contribution is -0.127. The first-order chi connectivity index (χ1) is 6.49. The molecule has 0 rings (SSSR count). The monoisotopic (exact) mass is 201 g/mol. The van der Waals surface area contributed by atoms with Gasteiger partial charge in [0.1, 0.15) is 0 Å². The summed E-state index contributed by atoms with van der Waals surface area (Å²) >= 11 is 0. The summed E-state index contributed by atoms with van der Waals surface area (Å²) in [5.74, 6) is 0.506. The Kier molecular flexibility index (Phi) is 6.54. The van der Waals surface area contributed by atoms with E-state index in [-0.39, 0.29) is 24.3 Å². The molecule has 3 nitrogen and oxygen atoms in total. The Morgan fingerprint density at radius 2 is 1.86 bits per heavy atom. The molecule has 0 saturated heterocycles. The van der Waals surface area contributed by atoms with E-state index in [2.05, 4.69) is 19.2 Å². The fraction of sp³-hybridized carbons (Fsp3) is 0.909. The van der Waals surface area contributed by atoms with E-state index in [1.165, 1.54) is 0 Å². The molecule has 1 amide bonds. The number of nitrogens with one attached hydrogen (secondary N) is 1. The molecule has 0 aromatic rings. The second-order valence-corrected chi connectivity index (χ2v) is 4.51. The van der Waals surface area contributed by atoms with Gasteiger partial charge >= 0.3 is 0 Å². The molecule has 1 unspecified atom stereocenters. The maximum Gasteiger partial charge on any atom is 0.225 e. The van der Waals surface area contributed by atoms with Crippen LogP contribution in [0.1, 0.15) is 34.1 Å². The van der Waals surface area contributed by atoms with Gasteiger partial charge < -0.3 is 10.4 Å². The number of carbonyl (C=O) groups excluding carboxylic acids is 1. The molecule has 0 saturated carbocycles. The van der Waals surface area contributed by atoms with Crippen molar-refractivity contribution in [3.8, 4) is 0 Å². The molecular formula is C11H23NO2. The number of amides is 1. The fourth-order valence-electron chi connectivity index (χ4n) is 1.21. The Morgan fingerprint density at radius 1 is 1.29 bits per heavy atom. The Hall–Kier alpha value is -0.570. The third-order valence-corrected chi connectivity index (χ3v) is 2.36. The smallest absolute Gasteiger partial charge is 0.225 e. The second-order valence-electron chi connectivity index (χ2n) is 4.51. The van der Waals surface area contributed by atoms with Crippen molar-refractivity contribution in [3.05, 3.63) is 0 Å². The molecule has 1 atom stereocenters. The van der Waals surface area contributed by atoms with Crippen molar-refractivity contribution in [3.63, 3.8) is 0 Å². The number of rotatable bonds is 6. The van der Waals surface area contributed by atoms with Crippen LogP contribution >= 0.6 is 0 Å². The molecule has 0 fully saturated rings. The summed E-state index contributed by atoms with van der Waals surface area (Å²) < 4.78 is 0. The van der Waals surface area contributed by atoms with Crippen LogP contribution in [0, 0.1) is 17.8 Å². The Morgan fingerprint density at radius 3 is 2.21 bits per heavy atom. The normalized spacial score (nSPS) is 13.4. The molecule has 14 heavy (non-hydrogen) atoms. The van der Waals surface area contributed by atoms with Crippen molar-refractivity contribution in [1.29, 1.82) is 0 Å². The van der Waals surface area contributed by atoms with Crippen LogP contribution in [-0.2, 0) is 4.79 Å². The average Bonchev–Trinajstić information content (AvgIpc) is 2.03. The fourth-order valence-corrected chi connectivity index (χ4v) is 1.21. The SMILES string of the molecule is CC(C)CCNC(=O)C(CO)C(C)C. The summed E-state index contributed by atoms with van der Waals surface area (Å²) in [7, 11) is 0. The number of hydrogen-bond donors (Lipinski definition) is 2. The summed E-state index contributed by atoms with van der Waals surface area (Å²) in [6.45, 7) is 8.78. The van der Waals surface area contributed by atoms with Gasteiger partial charge in [-0.15, -0.1) is 0 Å². The van der Waals surface area contributed by atoms with Crippen LogP contribution in [0.2, 0.25) is 0 Å². The van der Waals surface area contributed by atoms with Crippen molar-refractivity contribution in [2.75, 3.05) is 13.2 Å². The number of hydrogen-bond acceptors (Lipinski definition) is 2. The molecule has 0 aliphatic heterocycles. The molecule has 0 bridgehead atoms. The largest absolute Gasteiger partial charge is 0.396 e. The third kappa shape index (κ3) is 5.22.